The van der Waals surface area contributed by atoms with Gasteiger partial charge in [-0.3, -0.25) is 4.99 Å². The third kappa shape index (κ3) is 5.74. The number of aliphatic hydroxyl groups excluding tert-OH is 2. The summed E-state index contributed by atoms with van der Waals surface area (Å²) in [7, 11) is 0. The summed E-state index contributed by atoms with van der Waals surface area (Å²) in [6.45, 7) is 5.02. The number of rotatable bonds is 7. The van der Waals surface area contributed by atoms with Crippen molar-refractivity contribution in [1.82, 2.24) is 0 Å². The lowest BCUT2D eigenvalue weighted by Gasteiger charge is -2.14. The third-order valence-electron chi connectivity index (χ3n) is 3.37. The van der Waals surface area contributed by atoms with Crippen molar-refractivity contribution >= 4 is 40.5 Å². The molecule has 1 aromatic carbocycles. The summed E-state index contributed by atoms with van der Waals surface area (Å²) in [6, 6.07) is 1.20. The largest absolute Gasteiger partial charge is 0.506 e. The molecule has 0 aromatic heterocycles. The molecule has 8 heteroatoms. The molecule has 1 unspecified atom stereocenters. The summed E-state index contributed by atoms with van der Waals surface area (Å²) in [5, 5.41) is 19.7. The second-order valence-corrected chi connectivity index (χ2v) is 6.66. The van der Waals surface area contributed by atoms with Crippen molar-refractivity contribution in [3.63, 3.8) is 0 Å². The van der Waals surface area contributed by atoms with E-state index in [4.69, 9.17) is 4.74 Å². The number of ether oxygens (including phenoxy) is 1. The first-order valence-electron chi connectivity index (χ1n) is 7.62. The van der Waals surface area contributed by atoms with Crippen LogP contribution in [0.15, 0.2) is 22.7 Å². The van der Waals surface area contributed by atoms with Crippen LogP contribution >= 0.6 is 22.6 Å². The molecule has 0 saturated carbocycles. The molecule has 0 aliphatic carbocycles. The Kier molecular flexibility index (Phi) is 8.43. The van der Waals surface area contributed by atoms with E-state index in [1.54, 1.807) is 29.5 Å². The molecule has 0 radical (unpaired) electrons. The normalized spacial score (nSPS) is 13.9. The SMILES string of the molecule is CCOC(=O)C(C=NC(CO)C(C)C)=C(O)c1cc(I)c(F)cc1F. The van der Waals surface area contributed by atoms with Crippen molar-refractivity contribution in [2.45, 2.75) is 26.8 Å². The van der Waals surface area contributed by atoms with Crippen LogP contribution in [0.1, 0.15) is 26.3 Å². The standard InChI is InChI=1S/C17H20F2INO4/c1-4-25-17(24)11(7-21-15(8-22)9(2)3)16(23)10-5-14(20)13(19)6-12(10)18/h5-7,9,15,22-23H,4,8H2,1-3H3. The van der Waals surface area contributed by atoms with Gasteiger partial charge in [-0.25, -0.2) is 13.6 Å². The molecule has 0 aliphatic rings. The maximum absolute atomic E-state index is 14.0. The first-order valence-corrected chi connectivity index (χ1v) is 8.70. The molecule has 0 spiro atoms. The lowest BCUT2D eigenvalue weighted by atomic mass is 10.1. The van der Waals surface area contributed by atoms with E-state index in [1.165, 1.54) is 0 Å². The zero-order chi connectivity index (χ0) is 19.1. The van der Waals surface area contributed by atoms with E-state index >= 15 is 0 Å². The molecule has 1 rings (SSSR count). The Balaban J connectivity index is 3.44. The number of nitrogens with zero attached hydrogens (tertiary/aromatic N) is 1. The first kappa shape index (κ1) is 21.5. The van der Waals surface area contributed by atoms with E-state index in [0.29, 0.717) is 6.07 Å². The van der Waals surface area contributed by atoms with Crippen LogP contribution in [0.25, 0.3) is 5.76 Å². The molecule has 138 valence electrons. The molecule has 0 heterocycles. The number of carbonyl (C=O) groups is 1. The zero-order valence-electron chi connectivity index (χ0n) is 14.1. The van der Waals surface area contributed by atoms with Gasteiger partial charge in [0.2, 0.25) is 0 Å². The second-order valence-electron chi connectivity index (χ2n) is 5.50. The van der Waals surface area contributed by atoms with Gasteiger partial charge >= 0.3 is 5.97 Å². The predicted octanol–water partition coefficient (Wildman–Crippen LogP) is 3.49. The molecular formula is C17H20F2INO4. The Hall–Kier alpha value is -1.55. The topological polar surface area (TPSA) is 79.1 Å². The van der Waals surface area contributed by atoms with Crippen LogP contribution in [0.3, 0.4) is 0 Å². The number of aliphatic imine (C=N–C) groups is 1. The average molecular weight is 467 g/mol. The first-order chi connectivity index (χ1) is 11.7. The Labute approximate surface area is 158 Å². The summed E-state index contributed by atoms with van der Waals surface area (Å²) in [5.74, 6) is -3.43. The number of esters is 1. The Morgan fingerprint density at radius 3 is 2.52 bits per heavy atom. The maximum Gasteiger partial charge on any atom is 0.343 e. The quantitative estimate of drug-likeness (QED) is 0.161. The highest BCUT2D eigenvalue weighted by Gasteiger charge is 2.21. The Morgan fingerprint density at radius 2 is 2.00 bits per heavy atom. The Bertz CT molecular complexity index is 689. The van der Waals surface area contributed by atoms with Crippen molar-refractivity contribution < 1.29 is 28.5 Å². The summed E-state index contributed by atoms with van der Waals surface area (Å²) in [5.41, 5.74) is -0.715. The van der Waals surface area contributed by atoms with E-state index in [-0.39, 0.29) is 33.8 Å². The highest BCUT2D eigenvalue weighted by molar-refractivity contribution is 14.1. The van der Waals surface area contributed by atoms with Gasteiger partial charge < -0.3 is 14.9 Å². The molecule has 0 aliphatic heterocycles. The van der Waals surface area contributed by atoms with Crippen molar-refractivity contribution in [2.75, 3.05) is 13.2 Å². The Morgan fingerprint density at radius 1 is 1.36 bits per heavy atom. The van der Waals surface area contributed by atoms with Crippen LogP contribution in [-0.2, 0) is 9.53 Å². The van der Waals surface area contributed by atoms with Crippen molar-refractivity contribution in [3.8, 4) is 0 Å². The highest BCUT2D eigenvalue weighted by atomic mass is 127. The number of hydrogen-bond donors (Lipinski definition) is 2. The summed E-state index contributed by atoms with van der Waals surface area (Å²) in [6.07, 6.45) is 1.05. The molecule has 1 aromatic rings. The average Bonchev–Trinajstić information content (AvgIpc) is 2.54. The van der Waals surface area contributed by atoms with Crippen LogP contribution in [-0.4, -0.2) is 41.7 Å². The zero-order valence-corrected chi connectivity index (χ0v) is 16.3. The van der Waals surface area contributed by atoms with Gasteiger partial charge in [0.15, 0.2) is 0 Å². The van der Waals surface area contributed by atoms with E-state index in [0.717, 1.165) is 12.3 Å². The van der Waals surface area contributed by atoms with Crippen LogP contribution in [0, 0.1) is 21.1 Å². The van der Waals surface area contributed by atoms with Crippen molar-refractivity contribution in [2.24, 2.45) is 10.9 Å². The molecular weight excluding hydrogens is 447 g/mol. The maximum atomic E-state index is 14.0. The van der Waals surface area contributed by atoms with E-state index in [2.05, 4.69) is 4.99 Å². The van der Waals surface area contributed by atoms with Crippen molar-refractivity contribution in [1.29, 1.82) is 0 Å². The minimum Gasteiger partial charge on any atom is -0.506 e. The number of benzene rings is 1. The van der Waals surface area contributed by atoms with Crippen LogP contribution in [0.4, 0.5) is 8.78 Å². The molecule has 2 N–H and O–H groups in total. The highest BCUT2D eigenvalue weighted by Crippen LogP contribution is 2.24. The van der Waals surface area contributed by atoms with Crippen LogP contribution < -0.4 is 0 Å². The monoisotopic (exact) mass is 467 g/mol. The number of hydrogen-bond acceptors (Lipinski definition) is 5. The smallest absolute Gasteiger partial charge is 0.343 e. The van der Waals surface area contributed by atoms with Gasteiger partial charge in [-0.05, 0) is 41.5 Å². The van der Waals surface area contributed by atoms with Gasteiger partial charge in [-0.15, -0.1) is 0 Å². The van der Waals surface area contributed by atoms with Gasteiger partial charge in [0.25, 0.3) is 0 Å². The molecule has 0 fully saturated rings. The fourth-order valence-electron chi connectivity index (χ4n) is 1.87. The molecule has 0 bridgehead atoms. The van der Waals surface area contributed by atoms with Crippen LogP contribution in [0.2, 0.25) is 0 Å². The minimum atomic E-state index is -1.02. The predicted molar refractivity (Wildman–Crippen MR) is 99.5 cm³/mol. The summed E-state index contributed by atoms with van der Waals surface area (Å²) >= 11 is 1.65. The van der Waals surface area contributed by atoms with Crippen LogP contribution in [0.5, 0.6) is 0 Å². The summed E-state index contributed by atoms with van der Waals surface area (Å²) < 4.78 is 32.3. The van der Waals surface area contributed by atoms with E-state index < -0.39 is 29.4 Å². The molecule has 25 heavy (non-hydrogen) atoms. The molecule has 5 nitrogen and oxygen atoms in total. The van der Waals surface area contributed by atoms with Gasteiger partial charge in [0.05, 0.1) is 24.8 Å². The molecule has 0 amide bonds. The lowest BCUT2D eigenvalue weighted by Crippen LogP contribution is -2.19. The second kappa shape index (κ2) is 9.81. The van der Waals surface area contributed by atoms with Gasteiger partial charge in [-0.1, -0.05) is 13.8 Å². The molecule has 0 saturated heterocycles. The van der Waals surface area contributed by atoms with E-state index in [1.807, 2.05) is 13.8 Å². The van der Waals surface area contributed by atoms with Gasteiger partial charge in [0, 0.05) is 15.9 Å². The number of aliphatic hydroxyl groups is 2. The van der Waals surface area contributed by atoms with E-state index in [9.17, 15) is 23.8 Å². The molecule has 1 atom stereocenters. The minimum absolute atomic E-state index is 0.0182. The van der Waals surface area contributed by atoms with Crippen molar-refractivity contribution in [3.05, 3.63) is 38.5 Å². The van der Waals surface area contributed by atoms with Gasteiger partial charge in [0.1, 0.15) is 23.0 Å². The summed E-state index contributed by atoms with van der Waals surface area (Å²) in [4.78, 5) is 16.2. The third-order valence-corrected chi connectivity index (χ3v) is 4.19. The number of carbonyl (C=O) groups excluding carboxylic acids is 1. The van der Waals surface area contributed by atoms with Gasteiger partial charge in [-0.2, -0.15) is 0 Å². The fourth-order valence-corrected chi connectivity index (χ4v) is 2.34. The number of halogens is 3. The lowest BCUT2D eigenvalue weighted by molar-refractivity contribution is -0.137. The fraction of sp³-hybridized carbons (Fsp3) is 0.412.